The molecule has 0 heterocycles. The molecular weight excluding hydrogens is 422 g/mol. The maximum absolute atomic E-state index is 13.7. The number of alkyl halides is 3. The number of rotatable bonds is 3. The van der Waals surface area contributed by atoms with Crippen LogP contribution in [0.3, 0.4) is 0 Å². The monoisotopic (exact) mass is 439 g/mol. The summed E-state index contributed by atoms with van der Waals surface area (Å²) in [4.78, 5) is 12.1. The molecule has 1 amide bonds. The number of carbonyl (C=O) groups is 1. The average molecular weight is 439 g/mol. The minimum absolute atomic E-state index is 0.0987. The highest BCUT2D eigenvalue weighted by molar-refractivity contribution is 5.79. The molecule has 7 heteroatoms. The van der Waals surface area contributed by atoms with E-state index in [0.29, 0.717) is 18.2 Å². The van der Waals surface area contributed by atoms with Crippen molar-refractivity contribution in [3.8, 4) is 23.0 Å². The van der Waals surface area contributed by atoms with E-state index in [9.17, 15) is 22.4 Å². The van der Waals surface area contributed by atoms with Crippen molar-refractivity contribution in [1.29, 1.82) is 0 Å². The smallest absolute Gasteiger partial charge is 0.416 e. The van der Waals surface area contributed by atoms with Crippen molar-refractivity contribution in [2.75, 3.05) is 13.2 Å². The van der Waals surface area contributed by atoms with Gasteiger partial charge >= 0.3 is 12.3 Å². The molecule has 162 valence electrons. The maximum atomic E-state index is 13.7. The van der Waals surface area contributed by atoms with E-state index in [2.05, 4.69) is 17.2 Å². The SMILES string of the molecule is O=C(NCC#Cc1cc(C(F)(F)F)ccc1F)OCC1c2ccccc2-c2ccccc21. The van der Waals surface area contributed by atoms with Crippen LogP contribution < -0.4 is 5.32 Å². The van der Waals surface area contributed by atoms with Gasteiger partial charge in [0.1, 0.15) is 12.4 Å². The van der Waals surface area contributed by atoms with E-state index in [-0.39, 0.29) is 19.1 Å². The van der Waals surface area contributed by atoms with Gasteiger partial charge in [0.25, 0.3) is 0 Å². The largest absolute Gasteiger partial charge is 0.449 e. The summed E-state index contributed by atoms with van der Waals surface area (Å²) in [6.07, 6.45) is -5.31. The lowest BCUT2D eigenvalue weighted by molar-refractivity contribution is -0.137. The van der Waals surface area contributed by atoms with Gasteiger partial charge in [-0.3, -0.25) is 0 Å². The Morgan fingerprint density at radius 1 is 0.969 bits per heavy atom. The van der Waals surface area contributed by atoms with E-state index in [1.165, 1.54) is 0 Å². The maximum Gasteiger partial charge on any atom is 0.416 e. The Morgan fingerprint density at radius 3 is 2.22 bits per heavy atom. The second kappa shape index (κ2) is 8.75. The molecule has 1 N–H and O–H groups in total. The Kier molecular flexibility index (Phi) is 5.87. The lowest BCUT2D eigenvalue weighted by atomic mass is 9.98. The van der Waals surface area contributed by atoms with Crippen LogP contribution in [0.1, 0.15) is 28.2 Å². The Balaban J connectivity index is 1.36. The Labute approximate surface area is 182 Å². The lowest BCUT2D eigenvalue weighted by Gasteiger charge is -2.14. The van der Waals surface area contributed by atoms with Crippen LogP contribution in [0.4, 0.5) is 22.4 Å². The molecule has 0 saturated heterocycles. The minimum Gasteiger partial charge on any atom is -0.449 e. The Hall–Kier alpha value is -3.79. The fraction of sp³-hybridized carbons (Fsp3) is 0.160. The van der Waals surface area contributed by atoms with Crippen LogP contribution in [-0.2, 0) is 10.9 Å². The molecule has 1 aliphatic rings. The van der Waals surface area contributed by atoms with Crippen molar-refractivity contribution in [2.24, 2.45) is 0 Å². The summed E-state index contributed by atoms with van der Waals surface area (Å²) >= 11 is 0. The van der Waals surface area contributed by atoms with E-state index >= 15 is 0 Å². The molecule has 3 aromatic rings. The van der Waals surface area contributed by atoms with Gasteiger partial charge in [0.2, 0.25) is 0 Å². The van der Waals surface area contributed by atoms with Crippen LogP contribution in [-0.4, -0.2) is 19.2 Å². The standard InChI is InChI=1S/C25H17F4NO2/c26-23-12-11-17(25(27,28)29)14-16(23)6-5-13-30-24(31)32-15-22-20-9-3-1-7-18(20)19-8-2-4-10-21(19)22/h1-4,7-12,14,22H,13,15H2,(H,30,31). The lowest BCUT2D eigenvalue weighted by Crippen LogP contribution is -2.26. The zero-order valence-electron chi connectivity index (χ0n) is 16.7. The van der Waals surface area contributed by atoms with Gasteiger partial charge in [0.15, 0.2) is 0 Å². The summed E-state index contributed by atoms with van der Waals surface area (Å²) < 4.78 is 57.3. The highest BCUT2D eigenvalue weighted by Crippen LogP contribution is 2.44. The van der Waals surface area contributed by atoms with Gasteiger partial charge in [-0.2, -0.15) is 13.2 Å². The molecule has 3 nitrogen and oxygen atoms in total. The quantitative estimate of drug-likeness (QED) is 0.418. The van der Waals surface area contributed by atoms with E-state index in [0.717, 1.165) is 22.3 Å². The summed E-state index contributed by atoms with van der Waals surface area (Å²) in [5, 5.41) is 2.41. The Morgan fingerprint density at radius 2 is 1.59 bits per heavy atom. The first-order valence-electron chi connectivity index (χ1n) is 9.79. The van der Waals surface area contributed by atoms with Gasteiger partial charge in [0.05, 0.1) is 17.7 Å². The van der Waals surface area contributed by atoms with Crippen LogP contribution in [0.15, 0.2) is 66.7 Å². The molecule has 3 aromatic carbocycles. The molecule has 0 radical (unpaired) electrons. The van der Waals surface area contributed by atoms with Gasteiger partial charge in [-0.15, -0.1) is 0 Å². The third-order valence-corrected chi connectivity index (χ3v) is 5.18. The number of benzene rings is 3. The molecule has 0 saturated carbocycles. The fourth-order valence-corrected chi connectivity index (χ4v) is 3.70. The predicted octanol–water partition coefficient (Wildman–Crippen LogP) is 5.73. The van der Waals surface area contributed by atoms with Crippen LogP contribution in [0.2, 0.25) is 0 Å². The number of nitrogens with one attached hydrogen (secondary N) is 1. The molecular formula is C25H17F4NO2. The van der Waals surface area contributed by atoms with Gasteiger partial charge in [-0.1, -0.05) is 60.4 Å². The minimum atomic E-state index is -4.59. The van der Waals surface area contributed by atoms with E-state index in [4.69, 9.17) is 4.74 Å². The third kappa shape index (κ3) is 4.45. The number of carbonyl (C=O) groups excluding carboxylic acids is 1. The number of ether oxygens (including phenoxy) is 1. The van der Waals surface area contributed by atoms with Gasteiger partial charge in [-0.05, 0) is 40.5 Å². The first-order chi connectivity index (χ1) is 15.3. The van der Waals surface area contributed by atoms with E-state index in [1.807, 2.05) is 48.5 Å². The molecule has 0 bridgehead atoms. The summed E-state index contributed by atoms with van der Waals surface area (Å²) in [6.45, 7) is -0.0814. The molecule has 0 atom stereocenters. The highest BCUT2D eigenvalue weighted by atomic mass is 19.4. The van der Waals surface area contributed by atoms with Crippen molar-refractivity contribution in [3.05, 3.63) is 94.8 Å². The average Bonchev–Trinajstić information content (AvgIpc) is 3.09. The van der Waals surface area contributed by atoms with E-state index < -0.39 is 29.2 Å². The third-order valence-electron chi connectivity index (χ3n) is 5.18. The number of fused-ring (bicyclic) bond motifs is 3. The van der Waals surface area contributed by atoms with Gasteiger partial charge < -0.3 is 10.1 Å². The predicted molar refractivity (Wildman–Crippen MR) is 111 cm³/mol. The number of halogens is 4. The van der Waals surface area contributed by atoms with Crippen molar-refractivity contribution < 1.29 is 27.1 Å². The number of amides is 1. The topological polar surface area (TPSA) is 38.3 Å². The Bertz CT molecular complexity index is 1180. The van der Waals surface area contributed by atoms with Crippen LogP contribution in [0, 0.1) is 17.7 Å². The number of alkyl carbamates (subject to hydrolysis) is 1. The molecule has 1 aliphatic carbocycles. The van der Waals surface area contributed by atoms with Crippen molar-refractivity contribution in [3.63, 3.8) is 0 Å². The zero-order valence-corrected chi connectivity index (χ0v) is 16.7. The second-order valence-electron chi connectivity index (χ2n) is 7.17. The normalized spacial score (nSPS) is 12.4. The summed E-state index contributed by atoms with van der Waals surface area (Å²) in [7, 11) is 0. The molecule has 0 spiro atoms. The first kappa shape index (κ1) is 21.4. The van der Waals surface area contributed by atoms with Crippen LogP contribution in [0.25, 0.3) is 11.1 Å². The molecule has 0 aliphatic heterocycles. The van der Waals surface area contributed by atoms with Crippen LogP contribution in [0.5, 0.6) is 0 Å². The van der Waals surface area contributed by atoms with Crippen molar-refractivity contribution in [2.45, 2.75) is 12.1 Å². The zero-order chi connectivity index (χ0) is 22.7. The highest BCUT2D eigenvalue weighted by Gasteiger charge is 2.31. The van der Waals surface area contributed by atoms with Crippen molar-refractivity contribution in [1.82, 2.24) is 5.32 Å². The van der Waals surface area contributed by atoms with Gasteiger partial charge in [-0.25, -0.2) is 9.18 Å². The van der Waals surface area contributed by atoms with Crippen molar-refractivity contribution >= 4 is 6.09 Å². The van der Waals surface area contributed by atoms with Crippen LogP contribution >= 0.6 is 0 Å². The molecule has 0 unspecified atom stereocenters. The summed E-state index contributed by atoms with van der Waals surface area (Å²) in [5.41, 5.74) is 2.96. The summed E-state index contributed by atoms with van der Waals surface area (Å²) in [6, 6.07) is 17.8. The fourth-order valence-electron chi connectivity index (χ4n) is 3.70. The molecule has 32 heavy (non-hydrogen) atoms. The van der Waals surface area contributed by atoms with E-state index in [1.54, 1.807) is 0 Å². The molecule has 0 aromatic heterocycles. The second-order valence-corrected chi connectivity index (χ2v) is 7.17. The molecule has 4 rings (SSSR count). The summed E-state index contributed by atoms with van der Waals surface area (Å²) in [5.74, 6) is 3.78. The first-order valence-corrected chi connectivity index (χ1v) is 9.79. The number of hydrogen-bond acceptors (Lipinski definition) is 2. The number of hydrogen-bond donors (Lipinski definition) is 1. The van der Waals surface area contributed by atoms with Gasteiger partial charge in [0, 0.05) is 5.92 Å². The molecule has 0 fully saturated rings.